The van der Waals surface area contributed by atoms with Crippen molar-refractivity contribution in [3.05, 3.63) is 11.9 Å². The molecule has 0 bridgehead atoms. The van der Waals surface area contributed by atoms with Crippen molar-refractivity contribution in [3.63, 3.8) is 0 Å². The van der Waals surface area contributed by atoms with E-state index in [0.29, 0.717) is 0 Å². The van der Waals surface area contributed by atoms with Gasteiger partial charge in [-0.25, -0.2) is 9.97 Å². The number of aryl methyl sites for hydroxylation is 1. The Labute approximate surface area is 120 Å². The van der Waals surface area contributed by atoms with Crippen LogP contribution in [-0.2, 0) is 11.2 Å². The zero-order chi connectivity index (χ0) is 14.4. The van der Waals surface area contributed by atoms with Gasteiger partial charge in [0, 0.05) is 39.2 Å². The molecule has 0 aromatic carbocycles. The van der Waals surface area contributed by atoms with E-state index in [9.17, 15) is 0 Å². The van der Waals surface area contributed by atoms with E-state index in [1.165, 1.54) is 0 Å². The van der Waals surface area contributed by atoms with Crippen LogP contribution in [0, 0.1) is 0 Å². The lowest BCUT2D eigenvalue weighted by Gasteiger charge is -2.32. The number of ether oxygens (including phenoxy) is 1. The summed E-state index contributed by atoms with van der Waals surface area (Å²) in [5.74, 6) is 2.55. The van der Waals surface area contributed by atoms with Crippen molar-refractivity contribution in [1.82, 2.24) is 14.9 Å². The Hall–Kier alpha value is -1.40. The van der Waals surface area contributed by atoms with Crippen LogP contribution >= 0.6 is 0 Å². The molecule has 6 nitrogen and oxygen atoms in total. The van der Waals surface area contributed by atoms with Crippen molar-refractivity contribution in [1.29, 1.82) is 0 Å². The topological polar surface area (TPSA) is 62.3 Å². The lowest BCUT2D eigenvalue weighted by Crippen LogP contribution is -2.45. The Bertz CT molecular complexity index is 404. The second kappa shape index (κ2) is 7.40. The normalized spacial score (nSPS) is 19.9. The first-order valence-electron chi connectivity index (χ1n) is 7.38. The molecule has 6 heteroatoms. The largest absolute Gasteiger partial charge is 0.374 e. The fourth-order valence-corrected chi connectivity index (χ4v) is 2.28. The predicted octanol–water partition coefficient (Wildman–Crippen LogP) is 1.21. The molecule has 0 spiro atoms. The molecule has 2 rings (SSSR count). The molecule has 2 heterocycles. The van der Waals surface area contributed by atoms with E-state index in [2.05, 4.69) is 39.3 Å². The Kier molecular flexibility index (Phi) is 5.55. The average Bonchev–Trinajstić information content (AvgIpc) is 2.52. The number of morpholine rings is 1. The van der Waals surface area contributed by atoms with Gasteiger partial charge in [-0.2, -0.15) is 0 Å². The van der Waals surface area contributed by atoms with Crippen molar-refractivity contribution in [2.75, 3.05) is 50.5 Å². The van der Waals surface area contributed by atoms with Crippen LogP contribution < -0.4 is 10.6 Å². The molecule has 1 atom stereocenters. The number of nitrogens with one attached hydrogen (secondary N) is 2. The summed E-state index contributed by atoms with van der Waals surface area (Å²) in [4.78, 5) is 11.3. The van der Waals surface area contributed by atoms with Crippen LogP contribution in [0.4, 0.5) is 11.6 Å². The number of hydrogen-bond acceptors (Lipinski definition) is 6. The SMILES string of the molecule is CCc1nc(NC)cc(NCC2CN(CC)CCO2)n1. The van der Waals surface area contributed by atoms with Crippen LogP contribution in [-0.4, -0.2) is 60.8 Å². The van der Waals surface area contributed by atoms with Gasteiger partial charge < -0.3 is 15.4 Å². The Balaban J connectivity index is 1.92. The number of anilines is 2. The van der Waals surface area contributed by atoms with Crippen LogP contribution in [0.25, 0.3) is 0 Å². The zero-order valence-electron chi connectivity index (χ0n) is 12.6. The van der Waals surface area contributed by atoms with Crippen molar-refractivity contribution >= 4 is 11.6 Å². The fraction of sp³-hybridized carbons (Fsp3) is 0.714. The number of rotatable bonds is 6. The molecule has 1 fully saturated rings. The van der Waals surface area contributed by atoms with E-state index >= 15 is 0 Å². The molecule has 1 aromatic rings. The van der Waals surface area contributed by atoms with Gasteiger partial charge in [0.25, 0.3) is 0 Å². The summed E-state index contributed by atoms with van der Waals surface area (Å²) in [6, 6.07) is 1.93. The highest BCUT2D eigenvalue weighted by atomic mass is 16.5. The molecule has 1 saturated heterocycles. The van der Waals surface area contributed by atoms with E-state index in [4.69, 9.17) is 4.74 Å². The summed E-state index contributed by atoms with van der Waals surface area (Å²) in [6.45, 7) is 8.93. The van der Waals surface area contributed by atoms with E-state index in [-0.39, 0.29) is 6.10 Å². The molecule has 20 heavy (non-hydrogen) atoms. The first-order valence-corrected chi connectivity index (χ1v) is 7.38. The minimum absolute atomic E-state index is 0.224. The summed E-state index contributed by atoms with van der Waals surface area (Å²) >= 11 is 0. The van der Waals surface area contributed by atoms with Gasteiger partial charge in [-0.05, 0) is 6.54 Å². The molecular weight excluding hydrogens is 254 g/mol. The Morgan fingerprint density at radius 2 is 2.15 bits per heavy atom. The van der Waals surface area contributed by atoms with Gasteiger partial charge in [0.2, 0.25) is 0 Å². The van der Waals surface area contributed by atoms with Gasteiger partial charge in [0.05, 0.1) is 12.7 Å². The molecule has 112 valence electrons. The first kappa shape index (κ1) is 15.0. The van der Waals surface area contributed by atoms with E-state index in [0.717, 1.165) is 56.7 Å². The second-order valence-corrected chi connectivity index (χ2v) is 4.93. The molecule has 0 amide bonds. The monoisotopic (exact) mass is 279 g/mol. The smallest absolute Gasteiger partial charge is 0.132 e. The molecule has 1 aliphatic heterocycles. The summed E-state index contributed by atoms with van der Waals surface area (Å²) < 4.78 is 5.78. The minimum atomic E-state index is 0.224. The molecule has 2 N–H and O–H groups in total. The van der Waals surface area contributed by atoms with Crippen LogP contribution in [0.1, 0.15) is 19.7 Å². The van der Waals surface area contributed by atoms with Gasteiger partial charge >= 0.3 is 0 Å². The van der Waals surface area contributed by atoms with Gasteiger partial charge in [0.1, 0.15) is 17.5 Å². The van der Waals surface area contributed by atoms with Crippen molar-refractivity contribution in [3.8, 4) is 0 Å². The maximum Gasteiger partial charge on any atom is 0.132 e. The van der Waals surface area contributed by atoms with Crippen LogP contribution in [0.3, 0.4) is 0 Å². The minimum Gasteiger partial charge on any atom is -0.374 e. The lowest BCUT2D eigenvalue weighted by molar-refractivity contribution is -0.0192. The number of nitrogens with zero attached hydrogens (tertiary/aromatic N) is 3. The molecule has 1 unspecified atom stereocenters. The predicted molar refractivity (Wildman–Crippen MR) is 81.3 cm³/mol. The molecule has 1 aliphatic rings. The van der Waals surface area contributed by atoms with E-state index in [1.807, 2.05) is 13.1 Å². The van der Waals surface area contributed by atoms with Crippen molar-refractivity contribution < 1.29 is 4.74 Å². The van der Waals surface area contributed by atoms with Crippen molar-refractivity contribution in [2.24, 2.45) is 0 Å². The van der Waals surface area contributed by atoms with Crippen molar-refractivity contribution in [2.45, 2.75) is 26.4 Å². The maximum absolute atomic E-state index is 5.78. The molecule has 0 radical (unpaired) electrons. The summed E-state index contributed by atoms with van der Waals surface area (Å²) in [5, 5.41) is 6.43. The Morgan fingerprint density at radius 3 is 2.85 bits per heavy atom. The van der Waals surface area contributed by atoms with E-state index < -0.39 is 0 Å². The second-order valence-electron chi connectivity index (χ2n) is 4.93. The quantitative estimate of drug-likeness (QED) is 0.816. The van der Waals surface area contributed by atoms with Crippen LogP contribution in [0.5, 0.6) is 0 Å². The summed E-state index contributed by atoms with van der Waals surface area (Å²) in [7, 11) is 1.87. The third-order valence-corrected chi connectivity index (χ3v) is 3.53. The molecule has 0 saturated carbocycles. The first-order chi connectivity index (χ1) is 9.75. The molecule has 1 aromatic heterocycles. The molecular formula is C14H25N5O. The van der Waals surface area contributed by atoms with Crippen LogP contribution in [0.2, 0.25) is 0 Å². The maximum atomic E-state index is 5.78. The average molecular weight is 279 g/mol. The van der Waals surface area contributed by atoms with E-state index in [1.54, 1.807) is 0 Å². The number of hydrogen-bond donors (Lipinski definition) is 2. The summed E-state index contributed by atoms with van der Waals surface area (Å²) in [6.07, 6.45) is 1.05. The number of aromatic nitrogens is 2. The third-order valence-electron chi connectivity index (χ3n) is 3.53. The van der Waals surface area contributed by atoms with Crippen LogP contribution in [0.15, 0.2) is 6.07 Å². The number of likely N-dealkylation sites (N-methyl/N-ethyl adjacent to an activating group) is 1. The highest BCUT2D eigenvalue weighted by Gasteiger charge is 2.19. The van der Waals surface area contributed by atoms with Gasteiger partial charge in [-0.15, -0.1) is 0 Å². The highest BCUT2D eigenvalue weighted by Crippen LogP contribution is 2.12. The fourth-order valence-electron chi connectivity index (χ4n) is 2.28. The van der Waals surface area contributed by atoms with Gasteiger partial charge in [-0.1, -0.05) is 13.8 Å². The third kappa shape index (κ3) is 4.05. The van der Waals surface area contributed by atoms with Gasteiger partial charge in [0.15, 0.2) is 0 Å². The standard InChI is InChI=1S/C14H25N5O/c1-4-12-17-13(15-3)8-14(18-12)16-9-11-10-19(5-2)6-7-20-11/h8,11H,4-7,9-10H2,1-3H3,(H2,15,16,17,18). The molecule has 0 aliphatic carbocycles. The Morgan fingerprint density at radius 1 is 1.35 bits per heavy atom. The van der Waals surface area contributed by atoms with Gasteiger partial charge in [-0.3, -0.25) is 4.90 Å². The lowest BCUT2D eigenvalue weighted by atomic mass is 10.2. The zero-order valence-corrected chi connectivity index (χ0v) is 12.6. The summed E-state index contributed by atoms with van der Waals surface area (Å²) in [5.41, 5.74) is 0. The highest BCUT2D eigenvalue weighted by molar-refractivity contribution is 5.47.